The lowest BCUT2D eigenvalue weighted by atomic mass is 9.96. The van der Waals surface area contributed by atoms with Gasteiger partial charge in [-0.3, -0.25) is 4.90 Å². The van der Waals surface area contributed by atoms with Gasteiger partial charge in [-0.2, -0.15) is 0 Å². The van der Waals surface area contributed by atoms with Crippen molar-refractivity contribution in [1.82, 2.24) is 14.3 Å². The van der Waals surface area contributed by atoms with Crippen molar-refractivity contribution in [2.45, 2.75) is 18.8 Å². The molecule has 0 radical (unpaired) electrons. The molecule has 3 heterocycles. The lowest BCUT2D eigenvalue weighted by molar-refractivity contribution is 0.171. The average molecular weight is 434 g/mol. The molecule has 0 unspecified atom stereocenters. The van der Waals surface area contributed by atoms with Crippen LogP contribution in [-0.2, 0) is 0 Å². The van der Waals surface area contributed by atoms with Gasteiger partial charge in [0, 0.05) is 24.2 Å². The van der Waals surface area contributed by atoms with Crippen LogP contribution in [0.2, 0.25) is 0 Å². The van der Waals surface area contributed by atoms with Gasteiger partial charge in [0.2, 0.25) is 0 Å². The summed E-state index contributed by atoms with van der Waals surface area (Å²) in [6, 6.07) is 18.8. The van der Waals surface area contributed by atoms with Gasteiger partial charge in [-0.25, -0.2) is 13.8 Å². The summed E-state index contributed by atoms with van der Waals surface area (Å²) in [6.07, 6.45) is 4.11. The molecule has 0 N–H and O–H groups in total. The Morgan fingerprint density at radius 1 is 0.875 bits per heavy atom. The van der Waals surface area contributed by atoms with Crippen LogP contribution in [0.5, 0.6) is 5.75 Å². The van der Waals surface area contributed by atoms with Gasteiger partial charge < -0.3 is 9.14 Å². The van der Waals surface area contributed by atoms with E-state index in [4.69, 9.17) is 9.72 Å². The molecule has 5 rings (SSSR count). The summed E-state index contributed by atoms with van der Waals surface area (Å²) in [5, 5.41) is 0. The monoisotopic (exact) mass is 433 g/mol. The second-order valence-electron chi connectivity index (χ2n) is 8.20. The quantitative estimate of drug-likeness (QED) is 0.400. The minimum Gasteiger partial charge on any atom is -0.492 e. The van der Waals surface area contributed by atoms with E-state index in [0.29, 0.717) is 18.3 Å². The number of imidazole rings is 1. The molecule has 1 aliphatic rings. The van der Waals surface area contributed by atoms with Crippen molar-refractivity contribution in [3.8, 4) is 17.0 Å². The van der Waals surface area contributed by atoms with E-state index in [0.717, 1.165) is 55.1 Å². The predicted octanol–water partition coefficient (Wildman–Crippen LogP) is 5.54. The molecular weight excluding hydrogens is 408 g/mol. The summed E-state index contributed by atoms with van der Waals surface area (Å²) < 4.78 is 34.3. The molecule has 0 amide bonds. The van der Waals surface area contributed by atoms with E-state index in [1.165, 1.54) is 24.3 Å². The number of ether oxygens (including phenoxy) is 1. The number of fused-ring (bicyclic) bond motifs is 1. The van der Waals surface area contributed by atoms with E-state index in [2.05, 4.69) is 21.6 Å². The van der Waals surface area contributed by atoms with Crippen LogP contribution in [0.25, 0.3) is 16.8 Å². The summed E-state index contributed by atoms with van der Waals surface area (Å²) >= 11 is 0. The highest BCUT2D eigenvalue weighted by atomic mass is 19.1. The molecule has 0 aliphatic carbocycles. The van der Waals surface area contributed by atoms with Crippen LogP contribution in [0.3, 0.4) is 0 Å². The second kappa shape index (κ2) is 9.09. The number of benzene rings is 2. The normalized spacial score (nSPS) is 15.3. The Morgan fingerprint density at radius 2 is 1.56 bits per heavy atom. The first-order chi connectivity index (χ1) is 15.7. The molecule has 6 heteroatoms. The summed E-state index contributed by atoms with van der Waals surface area (Å²) in [5.74, 6) is 1.63. The van der Waals surface area contributed by atoms with Gasteiger partial charge in [0.25, 0.3) is 0 Å². The van der Waals surface area contributed by atoms with E-state index in [9.17, 15) is 8.78 Å². The van der Waals surface area contributed by atoms with Crippen molar-refractivity contribution in [3.63, 3.8) is 0 Å². The summed E-state index contributed by atoms with van der Waals surface area (Å²) in [5.41, 5.74) is 2.87. The second-order valence-corrected chi connectivity index (χ2v) is 8.20. The number of hydrogen-bond acceptors (Lipinski definition) is 3. The van der Waals surface area contributed by atoms with Crippen LogP contribution in [0.1, 0.15) is 24.6 Å². The van der Waals surface area contributed by atoms with Gasteiger partial charge in [0.15, 0.2) is 0 Å². The zero-order valence-corrected chi connectivity index (χ0v) is 17.8. The highest BCUT2D eigenvalue weighted by Gasteiger charge is 2.25. The predicted molar refractivity (Wildman–Crippen MR) is 121 cm³/mol. The third-order valence-corrected chi connectivity index (χ3v) is 6.14. The van der Waals surface area contributed by atoms with Crippen molar-refractivity contribution in [2.24, 2.45) is 0 Å². The summed E-state index contributed by atoms with van der Waals surface area (Å²) in [4.78, 5) is 7.41. The number of halogens is 2. The highest BCUT2D eigenvalue weighted by molar-refractivity contribution is 5.77. The molecule has 0 saturated carbocycles. The molecule has 2 aromatic carbocycles. The van der Waals surface area contributed by atoms with Crippen molar-refractivity contribution >= 4 is 5.52 Å². The Balaban J connectivity index is 1.25. The number of piperidine rings is 1. The topological polar surface area (TPSA) is 29.8 Å². The molecule has 1 saturated heterocycles. The number of nitrogens with zero attached hydrogens (tertiary/aromatic N) is 3. The highest BCUT2D eigenvalue weighted by Crippen LogP contribution is 2.32. The largest absolute Gasteiger partial charge is 0.492 e. The van der Waals surface area contributed by atoms with Crippen LogP contribution >= 0.6 is 0 Å². The van der Waals surface area contributed by atoms with Gasteiger partial charge in [-0.1, -0.05) is 6.07 Å². The molecule has 1 aliphatic heterocycles. The number of likely N-dealkylation sites (tertiary alicyclic amines) is 1. The molecule has 2 aromatic heterocycles. The molecule has 0 bridgehead atoms. The van der Waals surface area contributed by atoms with Crippen LogP contribution < -0.4 is 4.74 Å². The van der Waals surface area contributed by atoms with Crippen molar-refractivity contribution in [2.75, 3.05) is 26.2 Å². The molecule has 164 valence electrons. The molecular formula is C26H25F2N3O. The zero-order valence-electron chi connectivity index (χ0n) is 17.8. The molecule has 0 atom stereocenters. The maximum atomic E-state index is 13.4. The molecule has 4 aromatic rings. The van der Waals surface area contributed by atoms with Crippen LogP contribution in [-0.4, -0.2) is 40.5 Å². The fourth-order valence-corrected chi connectivity index (χ4v) is 4.41. The Hall–Kier alpha value is -3.25. The molecule has 4 nitrogen and oxygen atoms in total. The number of hydrogen-bond donors (Lipinski definition) is 0. The van der Waals surface area contributed by atoms with E-state index in [1.807, 2.05) is 12.1 Å². The lowest BCUT2D eigenvalue weighted by Crippen LogP contribution is -2.36. The van der Waals surface area contributed by atoms with Gasteiger partial charge in [-0.15, -0.1) is 0 Å². The SMILES string of the molecule is Fc1ccc(OCCN2CCC(c3nc(-c4ccc(F)cc4)c4ccccn34)CC2)cc1. The van der Waals surface area contributed by atoms with Gasteiger partial charge in [-0.05, 0) is 86.6 Å². The van der Waals surface area contributed by atoms with E-state index in [1.54, 1.807) is 24.3 Å². The first-order valence-electron chi connectivity index (χ1n) is 11.0. The Bertz CT molecular complexity index is 1180. The maximum Gasteiger partial charge on any atom is 0.123 e. The Morgan fingerprint density at radius 3 is 2.28 bits per heavy atom. The van der Waals surface area contributed by atoms with Crippen molar-refractivity contribution in [1.29, 1.82) is 0 Å². The van der Waals surface area contributed by atoms with E-state index >= 15 is 0 Å². The van der Waals surface area contributed by atoms with Gasteiger partial charge >= 0.3 is 0 Å². The molecule has 1 fully saturated rings. The third kappa shape index (κ3) is 4.36. The van der Waals surface area contributed by atoms with E-state index < -0.39 is 0 Å². The zero-order chi connectivity index (χ0) is 21.9. The summed E-state index contributed by atoms with van der Waals surface area (Å²) in [6.45, 7) is 3.38. The standard InChI is InChI=1S/C26H25F2N3O/c27-21-6-4-19(5-7-21)25-24-3-1-2-14-31(24)26(29-25)20-12-15-30(16-13-20)17-18-32-23-10-8-22(28)9-11-23/h1-11,14,20H,12-13,15-18H2. The fraction of sp³-hybridized carbons (Fsp3) is 0.269. The van der Waals surface area contributed by atoms with Crippen LogP contribution in [0.4, 0.5) is 8.78 Å². The minimum absolute atomic E-state index is 0.242. The summed E-state index contributed by atoms with van der Waals surface area (Å²) in [7, 11) is 0. The molecule has 0 spiro atoms. The molecule has 32 heavy (non-hydrogen) atoms. The van der Waals surface area contributed by atoms with Crippen molar-refractivity contribution < 1.29 is 13.5 Å². The fourth-order valence-electron chi connectivity index (χ4n) is 4.41. The Kier molecular flexibility index (Phi) is 5.86. The average Bonchev–Trinajstić information content (AvgIpc) is 3.21. The van der Waals surface area contributed by atoms with Gasteiger partial charge in [0.1, 0.15) is 29.8 Å². The first-order valence-corrected chi connectivity index (χ1v) is 11.0. The smallest absolute Gasteiger partial charge is 0.123 e. The number of rotatable bonds is 6. The van der Waals surface area contributed by atoms with Gasteiger partial charge in [0.05, 0.1) is 11.2 Å². The van der Waals surface area contributed by atoms with Crippen LogP contribution in [0, 0.1) is 11.6 Å². The van der Waals surface area contributed by atoms with E-state index in [-0.39, 0.29) is 11.6 Å². The first kappa shape index (κ1) is 20.6. The van der Waals surface area contributed by atoms with Crippen molar-refractivity contribution in [3.05, 3.63) is 90.4 Å². The minimum atomic E-state index is -0.256. The number of pyridine rings is 1. The van der Waals surface area contributed by atoms with Crippen LogP contribution in [0.15, 0.2) is 72.9 Å². The third-order valence-electron chi connectivity index (χ3n) is 6.14. The maximum absolute atomic E-state index is 13.4. The lowest BCUT2D eigenvalue weighted by Gasteiger charge is -2.31. The Labute approximate surface area is 186 Å². The number of aromatic nitrogens is 2.